The molecule has 2 fully saturated rings. The van der Waals surface area contributed by atoms with Crippen LogP contribution in [-0.4, -0.2) is 66.2 Å². The lowest BCUT2D eigenvalue weighted by Crippen LogP contribution is -2.50. The Kier molecular flexibility index (Phi) is 5.54. The van der Waals surface area contributed by atoms with Crippen molar-refractivity contribution in [3.05, 3.63) is 29.3 Å². The molecular weight excluding hydrogens is 330 g/mol. The number of carbonyl (C=O) groups is 1. The van der Waals surface area contributed by atoms with Gasteiger partial charge in [-0.25, -0.2) is 4.39 Å². The topological polar surface area (TPSA) is 53.0 Å². The number of piperidine rings is 2. The third-order valence-electron chi connectivity index (χ3n) is 5.19. The molecule has 2 aliphatic rings. The summed E-state index contributed by atoms with van der Waals surface area (Å²) >= 11 is 0. The van der Waals surface area contributed by atoms with Gasteiger partial charge in [-0.15, -0.1) is 0 Å². The lowest BCUT2D eigenvalue weighted by molar-refractivity contribution is 0.0239. The highest BCUT2D eigenvalue weighted by Gasteiger charge is 2.31. The highest BCUT2D eigenvalue weighted by atomic mass is 19.2. The van der Waals surface area contributed by atoms with Crippen LogP contribution in [0.1, 0.15) is 36.0 Å². The van der Waals surface area contributed by atoms with Gasteiger partial charge in [0, 0.05) is 25.7 Å². The number of likely N-dealkylation sites (tertiary alicyclic amines) is 2. The molecule has 3 rings (SSSR count). The second-order valence-electron chi connectivity index (χ2n) is 6.76. The number of aliphatic hydroxyl groups is 1. The average Bonchev–Trinajstić information content (AvgIpc) is 2.63. The van der Waals surface area contributed by atoms with E-state index in [1.807, 2.05) is 0 Å². The molecule has 0 spiro atoms. The van der Waals surface area contributed by atoms with Crippen molar-refractivity contribution in [3.8, 4) is 5.75 Å². The number of aliphatic hydroxyl groups excluding tert-OH is 1. The molecule has 2 saturated heterocycles. The van der Waals surface area contributed by atoms with E-state index in [-0.39, 0.29) is 17.4 Å². The van der Waals surface area contributed by atoms with Crippen molar-refractivity contribution in [2.75, 3.05) is 33.3 Å². The highest BCUT2D eigenvalue weighted by Crippen LogP contribution is 2.26. The van der Waals surface area contributed by atoms with Crippen LogP contribution in [-0.2, 0) is 0 Å². The number of hydrogen-bond donors (Lipinski definition) is 1. The molecule has 0 aliphatic carbocycles. The minimum atomic E-state index is -1.16. The third-order valence-corrected chi connectivity index (χ3v) is 5.19. The van der Waals surface area contributed by atoms with Crippen LogP contribution in [0, 0.1) is 11.6 Å². The van der Waals surface area contributed by atoms with Gasteiger partial charge in [0.05, 0.1) is 18.8 Å². The third kappa shape index (κ3) is 3.77. The molecular formula is C18H24F2N2O3. The fourth-order valence-corrected chi connectivity index (χ4v) is 3.77. The molecule has 0 bridgehead atoms. The molecule has 0 saturated carbocycles. The normalized spacial score (nSPS) is 22.9. The van der Waals surface area contributed by atoms with Crippen molar-refractivity contribution < 1.29 is 23.4 Å². The quantitative estimate of drug-likeness (QED) is 0.903. The van der Waals surface area contributed by atoms with Crippen LogP contribution < -0.4 is 4.74 Å². The standard InChI is InChI=1S/C18H24F2N2O3/c1-25-15-5-4-14(16(19)17(15)20)18(24)21-9-6-12(7-10-21)22-8-2-3-13(23)11-22/h4-5,12-13,23H,2-3,6-11H2,1H3/t13-/m1/s1. The van der Waals surface area contributed by atoms with Crippen LogP contribution in [0.3, 0.4) is 0 Å². The minimum absolute atomic E-state index is 0.212. The Hall–Kier alpha value is -1.73. The monoisotopic (exact) mass is 354 g/mol. The predicted octanol–water partition coefficient (Wildman–Crippen LogP) is 2.03. The summed E-state index contributed by atoms with van der Waals surface area (Å²) < 4.78 is 32.7. The van der Waals surface area contributed by atoms with E-state index in [2.05, 4.69) is 4.90 Å². The van der Waals surface area contributed by atoms with Gasteiger partial charge in [0.1, 0.15) is 0 Å². The molecule has 1 atom stereocenters. The summed E-state index contributed by atoms with van der Waals surface area (Å²) in [6, 6.07) is 2.87. The lowest BCUT2D eigenvalue weighted by atomic mass is 9.98. The number of rotatable bonds is 3. The lowest BCUT2D eigenvalue weighted by Gasteiger charge is -2.41. The summed E-state index contributed by atoms with van der Waals surface area (Å²) in [5, 5.41) is 9.80. The van der Waals surface area contributed by atoms with Crippen molar-refractivity contribution in [1.82, 2.24) is 9.80 Å². The summed E-state index contributed by atoms with van der Waals surface area (Å²) in [4.78, 5) is 16.4. The van der Waals surface area contributed by atoms with Crippen molar-refractivity contribution in [3.63, 3.8) is 0 Å². The van der Waals surface area contributed by atoms with Gasteiger partial charge < -0.3 is 14.7 Å². The Morgan fingerprint density at radius 3 is 2.52 bits per heavy atom. The SMILES string of the molecule is COc1ccc(C(=O)N2CCC(N3CCC[C@@H](O)C3)CC2)c(F)c1F. The van der Waals surface area contributed by atoms with Gasteiger partial charge in [-0.3, -0.25) is 9.69 Å². The molecule has 1 amide bonds. The zero-order valence-corrected chi connectivity index (χ0v) is 14.4. The summed E-state index contributed by atoms with van der Waals surface area (Å²) in [6.07, 6.45) is 3.11. The van der Waals surface area contributed by atoms with Gasteiger partial charge in [0.15, 0.2) is 11.6 Å². The van der Waals surface area contributed by atoms with Crippen molar-refractivity contribution in [2.45, 2.75) is 37.8 Å². The predicted molar refractivity (Wildman–Crippen MR) is 88.6 cm³/mol. The Morgan fingerprint density at radius 1 is 1.16 bits per heavy atom. The Bertz CT molecular complexity index is 633. The molecule has 5 nitrogen and oxygen atoms in total. The molecule has 1 aromatic carbocycles. The van der Waals surface area contributed by atoms with Crippen molar-refractivity contribution >= 4 is 5.91 Å². The van der Waals surface area contributed by atoms with E-state index in [4.69, 9.17) is 4.74 Å². The zero-order valence-electron chi connectivity index (χ0n) is 14.4. The Balaban J connectivity index is 1.63. The van der Waals surface area contributed by atoms with E-state index in [0.717, 1.165) is 32.2 Å². The molecule has 1 aromatic rings. The summed E-state index contributed by atoms with van der Waals surface area (Å²) in [7, 11) is 1.25. The van der Waals surface area contributed by atoms with Crippen LogP contribution in [0.4, 0.5) is 8.78 Å². The average molecular weight is 354 g/mol. The summed E-state index contributed by atoms with van der Waals surface area (Å²) in [5.41, 5.74) is -0.259. The summed E-state index contributed by atoms with van der Waals surface area (Å²) in [5.74, 6) is -3.00. The number of amides is 1. The van der Waals surface area contributed by atoms with Crippen molar-refractivity contribution in [2.24, 2.45) is 0 Å². The molecule has 25 heavy (non-hydrogen) atoms. The van der Waals surface area contributed by atoms with E-state index < -0.39 is 17.5 Å². The van der Waals surface area contributed by atoms with Crippen LogP contribution in [0.2, 0.25) is 0 Å². The summed E-state index contributed by atoms with van der Waals surface area (Å²) in [6.45, 7) is 2.65. The van der Waals surface area contributed by atoms with E-state index in [0.29, 0.717) is 25.7 Å². The molecule has 0 radical (unpaired) electrons. The maximum atomic E-state index is 14.1. The maximum Gasteiger partial charge on any atom is 0.256 e. The van der Waals surface area contributed by atoms with E-state index in [9.17, 15) is 18.7 Å². The van der Waals surface area contributed by atoms with Gasteiger partial charge in [-0.2, -0.15) is 4.39 Å². The highest BCUT2D eigenvalue weighted by molar-refractivity contribution is 5.94. The second kappa shape index (κ2) is 7.66. The van der Waals surface area contributed by atoms with Crippen LogP contribution >= 0.6 is 0 Å². The molecule has 138 valence electrons. The largest absolute Gasteiger partial charge is 0.494 e. The number of β-amino-alcohol motifs (C(OH)–C–C–N with tert-alkyl or cyclic N) is 1. The molecule has 0 aromatic heterocycles. The molecule has 1 N–H and O–H groups in total. The number of hydrogen-bond acceptors (Lipinski definition) is 4. The fraction of sp³-hybridized carbons (Fsp3) is 0.611. The van der Waals surface area contributed by atoms with Gasteiger partial charge >= 0.3 is 0 Å². The number of methoxy groups -OCH3 is 1. The zero-order chi connectivity index (χ0) is 18.0. The Labute approximate surface area is 146 Å². The van der Waals surface area contributed by atoms with Gasteiger partial charge in [-0.1, -0.05) is 0 Å². The van der Waals surface area contributed by atoms with Crippen molar-refractivity contribution in [1.29, 1.82) is 0 Å². The number of halogens is 2. The fourth-order valence-electron chi connectivity index (χ4n) is 3.77. The number of carbonyl (C=O) groups excluding carboxylic acids is 1. The van der Waals surface area contributed by atoms with E-state index in [1.54, 1.807) is 4.90 Å². The van der Waals surface area contributed by atoms with E-state index >= 15 is 0 Å². The first kappa shape index (κ1) is 18.1. The number of benzene rings is 1. The van der Waals surface area contributed by atoms with Crippen LogP contribution in [0.25, 0.3) is 0 Å². The van der Waals surface area contributed by atoms with E-state index in [1.165, 1.54) is 19.2 Å². The Morgan fingerprint density at radius 2 is 1.88 bits per heavy atom. The molecule has 7 heteroatoms. The number of nitrogens with zero attached hydrogens (tertiary/aromatic N) is 2. The second-order valence-corrected chi connectivity index (χ2v) is 6.76. The van der Waals surface area contributed by atoms with Crippen LogP contribution in [0.15, 0.2) is 12.1 Å². The number of ether oxygens (including phenoxy) is 1. The molecule has 0 unspecified atom stereocenters. The molecule has 2 aliphatic heterocycles. The maximum absolute atomic E-state index is 14.1. The van der Waals surface area contributed by atoms with Gasteiger partial charge in [-0.05, 0) is 44.4 Å². The van der Waals surface area contributed by atoms with Crippen LogP contribution in [0.5, 0.6) is 5.75 Å². The first-order chi connectivity index (χ1) is 12.0. The minimum Gasteiger partial charge on any atom is -0.494 e. The van der Waals surface area contributed by atoms with Gasteiger partial charge in [0.2, 0.25) is 5.82 Å². The molecule has 2 heterocycles. The smallest absolute Gasteiger partial charge is 0.256 e. The first-order valence-electron chi connectivity index (χ1n) is 8.74. The van der Waals surface area contributed by atoms with Gasteiger partial charge in [0.25, 0.3) is 5.91 Å². The first-order valence-corrected chi connectivity index (χ1v) is 8.74.